The molecule has 0 aliphatic carbocycles. The number of benzene rings is 1. The molecule has 2 amide bonds. The summed E-state index contributed by atoms with van der Waals surface area (Å²) in [6, 6.07) is 7.20. The Morgan fingerprint density at radius 1 is 1.05 bits per heavy atom. The number of carbonyl (C=O) groups is 2. The van der Waals surface area contributed by atoms with E-state index in [0.717, 1.165) is 5.56 Å². The number of nitrogen functional groups attached to an aromatic ring is 1. The van der Waals surface area contributed by atoms with Gasteiger partial charge in [0.25, 0.3) is 0 Å². The highest BCUT2D eigenvalue weighted by Gasteiger charge is 2.20. The van der Waals surface area contributed by atoms with Crippen LogP contribution in [-0.2, 0) is 16.0 Å². The van der Waals surface area contributed by atoms with E-state index in [-0.39, 0.29) is 11.8 Å². The number of hydrogen-bond donors (Lipinski definition) is 3. The second-order valence-corrected chi connectivity index (χ2v) is 5.77. The van der Waals surface area contributed by atoms with Crippen molar-refractivity contribution < 1.29 is 9.59 Å². The summed E-state index contributed by atoms with van der Waals surface area (Å²) in [6.45, 7) is 6.41. The van der Waals surface area contributed by atoms with E-state index in [0.29, 0.717) is 25.2 Å². The third kappa shape index (κ3) is 5.73. The lowest BCUT2D eigenvalue weighted by molar-refractivity contribution is -0.128. The highest BCUT2D eigenvalue weighted by molar-refractivity contribution is 5.81. The van der Waals surface area contributed by atoms with Gasteiger partial charge in [0.1, 0.15) is 0 Å². The Morgan fingerprint density at radius 3 is 2.15 bits per heavy atom. The Bertz CT molecular complexity index is 461. The first kappa shape index (κ1) is 16.0. The van der Waals surface area contributed by atoms with Gasteiger partial charge in [0.2, 0.25) is 11.8 Å². The maximum Gasteiger partial charge on any atom is 0.225 e. The highest BCUT2D eigenvalue weighted by Crippen LogP contribution is 2.11. The molecule has 0 radical (unpaired) electrons. The summed E-state index contributed by atoms with van der Waals surface area (Å²) < 4.78 is 0. The fourth-order valence-corrected chi connectivity index (χ4v) is 1.53. The van der Waals surface area contributed by atoms with Crippen molar-refractivity contribution in [2.75, 3.05) is 18.8 Å². The molecule has 0 fully saturated rings. The van der Waals surface area contributed by atoms with Gasteiger partial charge in [0.05, 0.1) is 6.42 Å². The van der Waals surface area contributed by atoms with E-state index in [9.17, 15) is 9.59 Å². The first-order valence-electron chi connectivity index (χ1n) is 6.68. The van der Waals surface area contributed by atoms with Gasteiger partial charge in [-0.15, -0.1) is 0 Å². The molecule has 0 unspecified atom stereocenters. The molecule has 0 saturated heterocycles. The van der Waals surface area contributed by atoms with Crippen LogP contribution in [0.25, 0.3) is 0 Å². The van der Waals surface area contributed by atoms with Crippen molar-refractivity contribution in [1.29, 1.82) is 0 Å². The summed E-state index contributed by atoms with van der Waals surface area (Å²) in [7, 11) is 0. The SMILES string of the molecule is CC(C)(C)C(=O)NCCNC(=O)Cc1ccc(N)cc1. The van der Waals surface area contributed by atoms with E-state index in [1.54, 1.807) is 12.1 Å². The predicted octanol–water partition coefficient (Wildman–Crippen LogP) is 1.09. The predicted molar refractivity (Wildman–Crippen MR) is 80.0 cm³/mol. The molecule has 0 heterocycles. The topological polar surface area (TPSA) is 84.2 Å². The third-order valence-electron chi connectivity index (χ3n) is 2.76. The van der Waals surface area contributed by atoms with Crippen molar-refractivity contribution in [3.8, 4) is 0 Å². The molecule has 110 valence electrons. The molecule has 0 atom stereocenters. The average Bonchev–Trinajstić information content (AvgIpc) is 2.36. The van der Waals surface area contributed by atoms with Gasteiger partial charge in [0, 0.05) is 24.2 Å². The van der Waals surface area contributed by atoms with E-state index >= 15 is 0 Å². The van der Waals surface area contributed by atoms with Crippen molar-refractivity contribution >= 4 is 17.5 Å². The molecule has 4 N–H and O–H groups in total. The zero-order valence-corrected chi connectivity index (χ0v) is 12.3. The fourth-order valence-electron chi connectivity index (χ4n) is 1.53. The quantitative estimate of drug-likeness (QED) is 0.556. The van der Waals surface area contributed by atoms with Crippen molar-refractivity contribution in [3.05, 3.63) is 29.8 Å². The molecule has 5 nitrogen and oxygen atoms in total. The summed E-state index contributed by atoms with van der Waals surface area (Å²) >= 11 is 0. The number of anilines is 1. The Morgan fingerprint density at radius 2 is 1.60 bits per heavy atom. The van der Waals surface area contributed by atoms with Gasteiger partial charge in [-0.3, -0.25) is 9.59 Å². The van der Waals surface area contributed by atoms with E-state index in [1.807, 2.05) is 32.9 Å². The highest BCUT2D eigenvalue weighted by atomic mass is 16.2. The minimum atomic E-state index is -0.409. The molecular formula is C15H23N3O2. The summed E-state index contributed by atoms with van der Waals surface area (Å²) in [5, 5.41) is 5.55. The molecule has 5 heteroatoms. The lowest BCUT2D eigenvalue weighted by atomic mass is 9.96. The van der Waals surface area contributed by atoms with Crippen LogP contribution in [0.5, 0.6) is 0 Å². The second kappa shape index (κ2) is 6.93. The standard InChI is InChI=1S/C15H23N3O2/c1-15(2,3)14(20)18-9-8-17-13(19)10-11-4-6-12(16)7-5-11/h4-7H,8-10,16H2,1-3H3,(H,17,19)(H,18,20). The molecule has 20 heavy (non-hydrogen) atoms. The maximum atomic E-state index is 11.7. The third-order valence-corrected chi connectivity index (χ3v) is 2.76. The van der Waals surface area contributed by atoms with Crippen LogP contribution in [0.3, 0.4) is 0 Å². The van der Waals surface area contributed by atoms with Crippen LogP contribution < -0.4 is 16.4 Å². The molecule has 0 saturated carbocycles. The monoisotopic (exact) mass is 277 g/mol. The van der Waals surface area contributed by atoms with E-state index < -0.39 is 5.41 Å². The largest absolute Gasteiger partial charge is 0.399 e. The van der Waals surface area contributed by atoms with Crippen LogP contribution >= 0.6 is 0 Å². The Kier molecular flexibility index (Phi) is 5.55. The van der Waals surface area contributed by atoms with Gasteiger partial charge < -0.3 is 16.4 Å². The smallest absolute Gasteiger partial charge is 0.225 e. The normalized spacial score (nSPS) is 10.9. The van der Waals surface area contributed by atoms with E-state index in [2.05, 4.69) is 10.6 Å². The maximum absolute atomic E-state index is 11.7. The van der Waals surface area contributed by atoms with Crippen molar-refractivity contribution in [2.45, 2.75) is 27.2 Å². The van der Waals surface area contributed by atoms with Gasteiger partial charge in [-0.1, -0.05) is 32.9 Å². The Hall–Kier alpha value is -2.04. The molecule has 0 aromatic heterocycles. The second-order valence-electron chi connectivity index (χ2n) is 5.77. The van der Waals surface area contributed by atoms with Crippen molar-refractivity contribution in [1.82, 2.24) is 10.6 Å². The first-order valence-corrected chi connectivity index (χ1v) is 6.68. The number of carbonyl (C=O) groups excluding carboxylic acids is 2. The molecule has 1 rings (SSSR count). The van der Waals surface area contributed by atoms with Crippen molar-refractivity contribution in [3.63, 3.8) is 0 Å². The van der Waals surface area contributed by atoms with E-state index in [4.69, 9.17) is 5.73 Å². The van der Waals surface area contributed by atoms with Crippen molar-refractivity contribution in [2.24, 2.45) is 5.41 Å². The summed E-state index contributed by atoms with van der Waals surface area (Å²) in [6.07, 6.45) is 0.313. The van der Waals surface area contributed by atoms with Gasteiger partial charge >= 0.3 is 0 Å². The van der Waals surface area contributed by atoms with Gasteiger partial charge in [-0.05, 0) is 17.7 Å². The number of amides is 2. The number of hydrogen-bond acceptors (Lipinski definition) is 3. The minimum absolute atomic E-state index is 0.0229. The van der Waals surface area contributed by atoms with Crippen LogP contribution in [0.15, 0.2) is 24.3 Å². The molecule has 0 spiro atoms. The van der Waals surface area contributed by atoms with Crippen LogP contribution in [0, 0.1) is 5.41 Å². The summed E-state index contributed by atoms with van der Waals surface area (Å²) in [4.78, 5) is 23.3. The molecule has 1 aromatic rings. The van der Waals surface area contributed by atoms with Gasteiger partial charge in [-0.2, -0.15) is 0 Å². The van der Waals surface area contributed by atoms with Crippen LogP contribution in [0.2, 0.25) is 0 Å². The zero-order chi connectivity index (χ0) is 15.2. The van der Waals surface area contributed by atoms with Crippen LogP contribution in [0.4, 0.5) is 5.69 Å². The summed E-state index contributed by atoms with van der Waals surface area (Å²) in [5.74, 6) is -0.0925. The number of nitrogens with two attached hydrogens (primary N) is 1. The Balaban J connectivity index is 2.24. The molecule has 0 aliphatic heterocycles. The van der Waals surface area contributed by atoms with Crippen LogP contribution in [-0.4, -0.2) is 24.9 Å². The minimum Gasteiger partial charge on any atom is -0.399 e. The Labute approximate surface area is 119 Å². The van der Waals surface area contributed by atoms with Crippen LogP contribution in [0.1, 0.15) is 26.3 Å². The molecule has 1 aromatic carbocycles. The van der Waals surface area contributed by atoms with Gasteiger partial charge in [0.15, 0.2) is 0 Å². The lowest BCUT2D eigenvalue weighted by Gasteiger charge is -2.17. The summed E-state index contributed by atoms with van der Waals surface area (Å²) in [5.41, 5.74) is 6.76. The zero-order valence-electron chi connectivity index (χ0n) is 12.3. The van der Waals surface area contributed by atoms with Gasteiger partial charge in [-0.25, -0.2) is 0 Å². The lowest BCUT2D eigenvalue weighted by Crippen LogP contribution is -2.40. The fraction of sp³-hybridized carbons (Fsp3) is 0.467. The molecular weight excluding hydrogens is 254 g/mol. The molecule has 0 bridgehead atoms. The first-order chi connectivity index (χ1) is 9.29. The van der Waals surface area contributed by atoms with E-state index in [1.165, 1.54) is 0 Å². The number of rotatable bonds is 5. The molecule has 0 aliphatic rings. The number of nitrogens with one attached hydrogen (secondary N) is 2. The average molecular weight is 277 g/mol.